The summed E-state index contributed by atoms with van der Waals surface area (Å²) < 4.78 is 5.22. The van der Waals surface area contributed by atoms with Crippen LogP contribution in [0.1, 0.15) is 12.5 Å². The first-order valence-corrected chi connectivity index (χ1v) is 3.88. The van der Waals surface area contributed by atoms with Crippen LogP contribution in [0.25, 0.3) is 0 Å². The van der Waals surface area contributed by atoms with Crippen LogP contribution in [0.3, 0.4) is 0 Å². The fourth-order valence-corrected chi connectivity index (χ4v) is 0.833. The Hall–Kier alpha value is -1.33. The van der Waals surface area contributed by atoms with Crippen LogP contribution in [-0.4, -0.2) is 6.10 Å². The van der Waals surface area contributed by atoms with Crippen LogP contribution in [0, 0.1) is 11.3 Å². The van der Waals surface area contributed by atoms with Gasteiger partial charge in [-0.15, -0.1) is 0 Å². The molecule has 1 rings (SSSR count). The average molecular weight is 161 g/mol. The highest BCUT2D eigenvalue weighted by molar-refractivity contribution is 5.13. The Morgan fingerprint density at radius 1 is 1.42 bits per heavy atom. The molecule has 0 spiro atoms. The van der Waals surface area contributed by atoms with E-state index in [1.807, 2.05) is 36.4 Å². The quantitative estimate of drug-likeness (QED) is 0.680. The van der Waals surface area contributed by atoms with Crippen LogP contribution in [0.2, 0.25) is 0 Å². The van der Waals surface area contributed by atoms with Gasteiger partial charge in [-0.3, -0.25) is 0 Å². The van der Waals surface area contributed by atoms with Crippen molar-refractivity contribution in [2.24, 2.45) is 0 Å². The van der Waals surface area contributed by atoms with E-state index in [4.69, 9.17) is 10.00 Å². The fraction of sp³-hybridized carbons (Fsp3) is 0.300. The Labute approximate surface area is 72.4 Å². The van der Waals surface area contributed by atoms with E-state index in [1.54, 1.807) is 6.92 Å². The van der Waals surface area contributed by atoms with Crippen molar-refractivity contribution in [2.45, 2.75) is 19.6 Å². The van der Waals surface area contributed by atoms with E-state index in [0.29, 0.717) is 6.61 Å². The van der Waals surface area contributed by atoms with Gasteiger partial charge in [0.2, 0.25) is 0 Å². The summed E-state index contributed by atoms with van der Waals surface area (Å²) in [4.78, 5) is 0. The summed E-state index contributed by atoms with van der Waals surface area (Å²) in [5, 5.41) is 8.44. The van der Waals surface area contributed by atoms with E-state index in [-0.39, 0.29) is 6.10 Å². The number of nitriles is 1. The van der Waals surface area contributed by atoms with Gasteiger partial charge in [-0.25, -0.2) is 0 Å². The Kier molecular flexibility index (Phi) is 3.31. The lowest BCUT2D eigenvalue weighted by atomic mass is 10.2. The maximum atomic E-state index is 8.44. The molecule has 1 unspecified atom stereocenters. The zero-order chi connectivity index (χ0) is 8.81. The largest absolute Gasteiger partial charge is 0.359 e. The molecule has 0 aromatic heterocycles. The van der Waals surface area contributed by atoms with E-state index in [0.717, 1.165) is 5.56 Å². The van der Waals surface area contributed by atoms with E-state index in [2.05, 4.69) is 0 Å². The van der Waals surface area contributed by atoms with E-state index in [9.17, 15) is 0 Å². The molecule has 0 aliphatic rings. The lowest BCUT2D eigenvalue weighted by Crippen LogP contribution is -2.04. The molecule has 12 heavy (non-hydrogen) atoms. The Balaban J connectivity index is 2.40. The minimum absolute atomic E-state index is 0.329. The molecule has 0 fully saturated rings. The predicted octanol–water partition coefficient (Wildman–Crippen LogP) is 2.12. The third kappa shape index (κ3) is 2.73. The molecule has 0 bridgehead atoms. The first kappa shape index (κ1) is 8.76. The van der Waals surface area contributed by atoms with E-state index < -0.39 is 0 Å². The molecule has 0 aliphatic carbocycles. The van der Waals surface area contributed by atoms with Crippen LogP contribution in [0.15, 0.2) is 30.3 Å². The number of benzene rings is 1. The number of hydrogen-bond acceptors (Lipinski definition) is 2. The van der Waals surface area contributed by atoms with Gasteiger partial charge in [0.05, 0.1) is 12.7 Å². The van der Waals surface area contributed by atoms with Gasteiger partial charge in [0.25, 0.3) is 0 Å². The van der Waals surface area contributed by atoms with Gasteiger partial charge in [0, 0.05) is 0 Å². The second-order valence-electron chi connectivity index (χ2n) is 2.57. The molecule has 1 atom stereocenters. The highest BCUT2D eigenvalue weighted by atomic mass is 16.5. The van der Waals surface area contributed by atoms with E-state index in [1.165, 1.54) is 0 Å². The summed E-state index contributed by atoms with van der Waals surface area (Å²) in [7, 11) is 0. The third-order valence-corrected chi connectivity index (χ3v) is 1.52. The van der Waals surface area contributed by atoms with Crippen molar-refractivity contribution in [3.63, 3.8) is 0 Å². The zero-order valence-electron chi connectivity index (χ0n) is 7.03. The Morgan fingerprint density at radius 3 is 2.67 bits per heavy atom. The van der Waals surface area contributed by atoms with Crippen LogP contribution < -0.4 is 0 Å². The molecule has 0 N–H and O–H groups in total. The molecular formula is C10H11NO. The average Bonchev–Trinajstić information content (AvgIpc) is 2.16. The Bertz CT molecular complexity index is 263. The monoisotopic (exact) mass is 161 g/mol. The summed E-state index contributed by atoms with van der Waals surface area (Å²) in [5.41, 5.74) is 1.10. The second kappa shape index (κ2) is 4.53. The zero-order valence-corrected chi connectivity index (χ0v) is 7.03. The lowest BCUT2D eigenvalue weighted by molar-refractivity contribution is 0.0887. The van der Waals surface area contributed by atoms with Gasteiger partial charge in [-0.1, -0.05) is 30.3 Å². The van der Waals surface area contributed by atoms with Crippen molar-refractivity contribution >= 4 is 0 Å². The molecule has 62 valence electrons. The SMILES string of the molecule is CC(C#N)OCc1ccccc1. The minimum atomic E-state index is -0.329. The van der Waals surface area contributed by atoms with Crippen LogP contribution in [0.4, 0.5) is 0 Å². The van der Waals surface area contributed by atoms with Crippen LogP contribution in [0.5, 0.6) is 0 Å². The summed E-state index contributed by atoms with van der Waals surface area (Å²) >= 11 is 0. The van der Waals surface area contributed by atoms with Crippen molar-refractivity contribution in [3.05, 3.63) is 35.9 Å². The van der Waals surface area contributed by atoms with Gasteiger partial charge in [-0.05, 0) is 12.5 Å². The second-order valence-corrected chi connectivity index (χ2v) is 2.57. The van der Waals surface area contributed by atoms with Crippen molar-refractivity contribution in [1.82, 2.24) is 0 Å². The highest BCUT2D eigenvalue weighted by Crippen LogP contribution is 2.02. The Morgan fingerprint density at radius 2 is 2.08 bits per heavy atom. The number of nitrogens with zero attached hydrogens (tertiary/aromatic N) is 1. The maximum absolute atomic E-state index is 8.44. The standard InChI is InChI=1S/C10H11NO/c1-9(7-11)12-8-10-5-3-2-4-6-10/h2-6,9H,8H2,1H3. The fourth-order valence-electron chi connectivity index (χ4n) is 0.833. The predicted molar refractivity (Wildman–Crippen MR) is 46.3 cm³/mol. The lowest BCUT2D eigenvalue weighted by Gasteiger charge is -2.04. The van der Waals surface area contributed by atoms with Gasteiger partial charge in [-0.2, -0.15) is 5.26 Å². The highest BCUT2D eigenvalue weighted by Gasteiger charge is 1.98. The summed E-state index contributed by atoms with van der Waals surface area (Å²) in [6, 6.07) is 11.8. The van der Waals surface area contributed by atoms with Crippen LogP contribution >= 0.6 is 0 Å². The number of rotatable bonds is 3. The molecule has 0 aliphatic heterocycles. The maximum Gasteiger partial charge on any atom is 0.141 e. The molecule has 1 aromatic rings. The molecule has 0 amide bonds. The molecule has 0 heterocycles. The summed E-state index contributed by atoms with van der Waals surface area (Å²) in [5.74, 6) is 0. The molecule has 2 nitrogen and oxygen atoms in total. The van der Waals surface area contributed by atoms with Gasteiger partial charge in [0.1, 0.15) is 6.10 Å². The summed E-state index contributed by atoms with van der Waals surface area (Å²) in [6.07, 6.45) is -0.329. The molecule has 2 heteroatoms. The molecule has 1 aromatic carbocycles. The van der Waals surface area contributed by atoms with Crippen LogP contribution in [-0.2, 0) is 11.3 Å². The van der Waals surface area contributed by atoms with Gasteiger partial charge in [0.15, 0.2) is 0 Å². The number of ether oxygens (including phenoxy) is 1. The number of hydrogen-bond donors (Lipinski definition) is 0. The summed E-state index contributed by atoms with van der Waals surface area (Å²) in [6.45, 7) is 2.25. The molecule has 0 radical (unpaired) electrons. The van der Waals surface area contributed by atoms with Crippen molar-refractivity contribution < 1.29 is 4.74 Å². The molecule has 0 saturated carbocycles. The van der Waals surface area contributed by atoms with Crippen molar-refractivity contribution in [3.8, 4) is 6.07 Å². The first-order valence-electron chi connectivity index (χ1n) is 3.88. The minimum Gasteiger partial charge on any atom is -0.359 e. The van der Waals surface area contributed by atoms with Crippen molar-refractivity contribution in [1.29, 1.82) is 5.26 Å². The smallest absolute Gasteiger partial charge is 0.141 e. The van der Waals surface area contributed by atoms with Gasteiger partial charge >= 0.3 is 0 Å². The van der Waals surface area contributed by atoms with E-state index >= 15 is 0 Å². The molecular weight excluding hydrogens is 150 g/mol. The first-order chi connectivity index (χ1) is 5.83. The topological polar surface area (TPSA) is 33.0 Å². The van der Waals surface area contributed by atoms with Gasteiger partial charge < -0.3 is 4.74 Å². The normalized spacial score (nSPS) is 12.0. The molecule has 0 saturated heterocycles. The third-order valence-electron chi connectivity index (χ3n) is 1.52. The van der Waals surface area contributed by atoms with Crippen molar-refractivity contribution in [2.75, 3.05) is 0 Å².